The van der Waals surface area contributed by atoms with Crippen molar-refractivity contribution in [1.82, 2.24) is 14.5 Å². The maximum atomic E-state index is 5.85. The molecular weight excluding hydrogens is 248 g/mol. The summed E-state index contributed by atoms with van der Waals surface area (Å²) in [6, 6.07) is 10.4. The van der Waals surface area contributed by atoms with Crippen LogP contribution >= 0.6 is 0 Å². The summed E-state index contributed by atoms with van der Waals surface area (Å²) in [7, 11) is 0. The van der Waals surface area contributed by atoms with Crippen molar-refractivity contribution in [1.29, 1.82) is 0 Å². The van der Waals surface area contributed by atoms with Crippen LogP contribution in [0.3, 0.4) is 0 Å². The molecule has 1 unspecified atom stereocenters. The summed E-state index contributed by atoms with van der Waals surface area (Å²) in [4.78, 5) is 8.85. The number of nitrogens with two attached hydrogens (primary N) is 1. The van der Waals surface area contributed by atoms with Gasteiger partial charge in [0.25, 0.3) is 0 Å². The summed E-state index contributed by atoms with van der Waals surface area (Å²) >= 11 is 0. The topological polar surface area (TPSA) is 56.7 Å². The van der Waals surface area contributed by atoms with Gasteiger partial charge >= 0.3 is 0 Å². The van der Waals surface area contributed by atoms with Gasteiger partial charge in [-0.25, -0.2) is 4.98 Å². The molecule has 0 aliphatic rings. The number of hydrogen-bond donors (Lipinski definition) is 1. The summed E-state index contributed by atoms with van der Waals surface area (Å²) in [5.41, 5.74) is 11.2. The van der Waals surface area contributed by atoms with Crippen LogP contribution < -0.4 is 5.73 Å². The smallest absolute Gasteiger partial charge is 0.0961 e. The summed E-state index contributed by atoms with van der Waals surface area (Å²) in [6.45, 7) is 4.82. The third kappa shape index (κ3) is 2.42. The van der Waals surface area contributed by atoms with Crippen molar-refractivity contribution in [2.24, 2.45) is 5.73 Å². The Balaban J connectivity index is 1.94. The van der Waals surface area contributed by atoms with E-state index in [0.29, 0.717) is 0 Å². The Morgan fingerprint density at radius 2 is 1.95 bits per heavy atom. The Morgan fingerprint density at radius 3 is 2.65 bits per heavy atom. The number of benzene rings is 1. The van der Waals surface area contributed by atoms with Gasteiger partial charge in [-0.2, -0.15) is 0 Å². The van der Waals surface area contributed by atoms with Gasteiger partial charge in [0.2, 0.25) is 0 Å². The van der Waals surface area contributed by atoms with E-state index < -0.39 is 0 Å². The highest BCUT2D eigenvalue weighted by molar-refractivity contribution is 5.74. The SMILES string of the molecule is Cc1ccc(Cn2cnc3cc(C(C)N)ncc32)cc1. The van der Waals surface area contributed by atoms with Crippen molar-refractivity contribution >= 4 is 11.0 Å². The first kappa shape index (κ1) is 12.8. The van der Waals surface area contributed by atoms with E-state index in [2.05, 4.69) is 45.7 Å². The van der Waals surface area contributed by atoms with Gasteiger partial charge in [0, 0.05) is 12.6 Å². The van der Waals surface area contributed by atoms with Crippen LogP contribution in [0.5, 0.6) is 0 Å². The molecule has 2 N–H and O–H groups in total. The normalized spacial score (nSPS) is 12.8. The quantitative estimate of drug-likeness (QED) is 0.793. The third-order valence-electron chi connectivity index (χ3n) is 3.47. The predicted octanol–water partition coefficient (Wildman–Crippen LogP) is 2.81. The Morgan fingerprint density at radius 1 is 1.20 bits per heavy atom. The molecule has 4 nitrogen and oxygen atoms in total. The molecule has 0 bridgehead atoms. The van der Waals surface area contributed by atoms with Crippen LogP contribution in [0, 0.1) is 6.92 Å². The fourth-order valence-corrected chi connectivity index (χ4v) is 2.24. The standard InChI is InChI=1S/C16H18N4/c1-11-3-5-13(6-4-11)9-20-10-19-15-7-14(12(2)17)18-8-16(15)20/h3-8,10,12H,9,17H2,1-2H3. The van der Waals surface area contributed by atoms with E-state index >= 15 is 0 Å². The van der Waals surface area contributed by atoms with Crippen molar-refractivity contribution in [2.75, 3.05) is 0 Å². The first-order chi connectivity index (χ1) is 9.63. The number of pyridine rings is 1. The largest absolute Gasteiger partial charge is 0.325 e. The first-order valence-electron chi connectivity index (χ1n) is 6.75. The average molecular weight is 266 g/mol. The van der Waals surface area contributed by atoms with Crippen molar-refractivity contribution in [3.63, 3.8) is 0 Å². The van der Waals surface area contributed by atoms with Gasteiger partial charge in [0.15, 0.2) is 0 Å². The van der Waals surface area contributed by atoms with Crippen molar-refractivity contribution in [2.45, 2.75) is 26.4 Å². The summed E-state index contributed by atoms with van der Waals surface area (Å²) < 4.78 is 2.11. The zero-order valence-electron chi connectivity index (χ0n) is 11.7. The second-order valence-corrected chi connectivity index (χ2v) is 5.24. The highest BCUT2D eigenvalue weighted by Crippen LogP contribution is 2.17. The minimum atomic E-state index is -0.0679. The maximum absolute atomic E-state index is 5.85. The van der Waals surface area contributed by atoms with Crippen molar-refractivity contribution in [3.05, 3.63) is 59.7 Å². The second kappa shape index (κ2) is 5.06. The number of imidazole rings is 1. The minimum Gasteiger partial charge on any atom is -0.325 e. The fraction of sp³-hybridized carbons (Fsp3) is 0.250. The molecule has 3 aromatic rings. The van der Waals surface area contributed by atoms with Gasteiger partial charge in [0.1, 0.15) is 0 Å². The fourth-order valence-electron chi connectivity index (χ4n) is 2.24. The lowest BCUT2D eigenvalue weighted by molar-refractivity contribution is 0.780. The number of nitrogens with zero attached hydrogens (tertiary/aromatic N) is 3. The lowest BCUT2D eigenvalue weighted by Gasteiger charge is -2.06. The maximum Gasteiger partial charge on any atom is 0.0961 e. The van der Waals surface area contributed by atoms with E-state index in [1.165, 1.54) is 11.1 Å². The molecule has 0 radical (unpaired) electrons. The van der Waals surface area contributed by atoms with E-state index in [0.717, 1.165) is 23.3 Å². The molecule has 0 amide bonds. The lowest BCUT2D eigenvalue weighted by atomic mass is 10.1. The third-order valence-corrected chi connectivity index (χ3v) is 3.47. The Labute approximate surface area is 118 Å². The molecule has 0 aliphatic carbocycles. The molecule has 1 atom stereocenters. The van der Waals surface area contributed by atoms with Crippen LogP contribution in [0.1, 0.15) is 29.8 Å². The monoisotopic (exact) mass is 266 g/mol. The predicted molar refractivity (Wildman–Crippen MR) is 80.4 cm³/mol. The Kier molecular flexibility index (Phi) is 3.24. The van der Waals surface area contributed by atoms with E-state index in [4.69, 9.17) is 5.73 Å². The number of fused-ring (bicyclic) bond motifs is 1. The van der Waals surface area contributed by atoms with Gasteiger partial charge in [-0.3, -0.25) is 4.98 Å². The Hall–Kier alpha value is -2.20. The average Bonchev–Trinajstić information content (AvgIpc) is 2.84. The van der Waals surface area contributed by atoms with Crippen molar-refractivity contribution in [3.8, 4) is 0 Å². The molecule has 0 aliphatic heterocycles. The number of aromatic nitrogens is 3. The highest BCUT2D eigenvalue weighted by atomic mass is 15.0. The van der Waals surface area contributed by atoms with E-state index in [1.807, 2.05) is 25.5 Å². The summed E-state index contributed by atoms with van der Waals surface area (Å²) in [6.07, 6.45) is 3.71. The van der Waals surface area contributed by atoms with Gasteiger partial charge in [0.05, 0.1) is 29.3 Å². The van der Waals surface area contributed by atoms with Crippen LogP contribution in [-0.4, -0.2) is 14.5 Å². The summed E-state index contributed by atoms with van der Waals surface area (Å²) in [5.74, 6) is 0. The minimum absolute atomic E-state index is 0.0679. The van der Waals surface area contributed by atoms with Gasteiger partial charge in [-0.05, 0) is 25.5 Å². The second-order valence-electron chi connectivity index (χ2n) is 5.24. The molecule has 4 heteroatoms. The zero-order chi connectivity index (χ0) is 14.1. The molecular formula is C16H18N4. The number of rotatable bonds is 3. The van der Waals surface area contributed by atoms with Crippen LogP contribution in [0.15, 0.2) is 42.9 Å². The van der Waals surface area contributed by atoms with E-state index in [-0.39, 0.29) is 6.04 Å². The zero-order valence-corrected chi connectivity index (χ0v) is 11.7. The first-order valence-corrected chi connectivity index (χ1v) is 6.75. The lowest BCUT2D eigenvalue weighted by Crippen LogP contribution is -2.07. The molecule has 0 fully saturated rings. The van der Waals surface area contributed by atoms with Crippen molar-refractivity contribution < 1.29 is 0 Å². The molecule has 0 saturated carbocycles. The Bertz CT molecular complexity index is 726. The highest BCUT2D eigenvalue weighted by Gasteiger charge is 2.07. The molecule has 0 spiro atoms. The van der Waals surface area contributed by atoms with Gasteiger partial charge in [-0.1, -0.05) is 29.8 Å². The molecule has 102 valence electrons. The van der Waals surface area contributed by atoms with Crippen LogP contribution in [0.2, 0.25) is 0 Å². The molecule has 2 aromatic heterocycles. The molecule has 3 rings (SSSR count). The molecule has 2 heterocycles. The molecule has 1 aromatic carbocycles. The summed E-state index contributed by atoms with van der Waals surface area (Å²) in [5, 5.41) is 0. The number of aryl methyl sites for hydroxylation is 1. The van der Waals surface area contributed by atoms with Gasteiger partial charge < -0.3 is 10.3 Å². The van der Waals surface area contributed by atoms with Crippen LogP contribution in [-0.2, 0) is 6.54 Å². The molecule has 0 saturated heterocycles. The van der Waals surface area contributed by atoms with E-state index in [1.54, 1.807) is 0 Å². The van der Waals surface area contributed by atoms with Gasteiger partial charge in [-0.15, -0.1) is 0 Å². The molecule has 20 heavy (non-hydrogen) atoms. The number of hydrogen-bond acceptors (Lipinski definition) is 3. The van der Waals surface area contributed by atoms with Crippen LogP contribution in [0.25, 0.3) is 11.0 Å². The van der Waals surface area contributed by atoms with Crippen LogP contribution in [0.4, 0.5) is 0 Å². The van der Waals surface area contributed by atoms with E-state index in [9.17, 15) is 0 Å².